The Morgan fingerprint density at radius 2 is 1.25 bits per heavy atom. The van der Waals surface area contributed by atoms with Crippen LogP contribution in [0.5, 0.6) is 23.0 Å². The van der Waals surface area contributed by atoms with Crippen molar-refractivity contribution < 1.29 is 49.0 Å². The van der Waals surface area contributed by atoms with E-state index < -0.39 is 35.4 Å². The lowest BCUT2D eigenvalue weighted by Crippen LogP contribution is -2.49. The number of carbonyl (C=O) groups is 3. The maximum Gasteiger partial charge on any atom is 0.255 e. The summed E-state index contributed by atoms with van der Waals surface area (Å²) in [6.07, 6.45) is 14.2. The zero-order valence-electron chi connectivity index (χ0n) is 41.3. The number of rotatable bonds is 21. The molecule has 6 rings (SSSR count). The van der Waals surface area contributed by atoms with Crippen molar-refractivity contribution in [3.8, 4) is 23.0 Å². The van der Waals surface area contributed by atoms with Crippen molar-refractivity contribution in [1.29, 1.82) is 0 Å². The zero-order chi connectivity index (χ0) is 48.8. The molecule has 0 aliphatic carbocycles. The normalized spacial score (nSPS) is 22.6. The maximum absolute atomic E-state index is 14.3. The number of carbonyl (C=O) groups excluding carboxylic acids is 3. The summed E-state index contributed by atoms with van der Waals surface area (Å²) in [4.78, 5) is 45.4. The van der Waals surface area contributed by atoms with Gasteiger partial charge in [0.15, 0.2) is 0 Å². The van der Waals surface area contributed by atoms with Crippen molar-refractivity contribution in [3.63, 3.8) is 0 Å². The monoisotopic (exact) mass is 926 g/mol. The van der Waals surface area contributed by atoms with Crippen molar-refractivity contribution in [2.45, 2.75) is 175 Å². The smallest absolute Gasteiger partial charge is 0.255 e. The third kappa shape index (κ3) is 11.8. The number of benzene rings is 2. The lowest BCUT2D eigenvalue weighted by Gasteiger charge is -2.41. The van der Waals surface area contributed by atoms with Gasteiger partial charge in [-0.25, -0.2) is 0 Å². The number of aliphatic hydroxyl groups excluding tert-OH is 2. The van der Waals surface area contributed by atoms with E-state index in [4.69, 9.17) is 14.2 Å². The molecule has 3 amide bonds. The van der Waals surface area contributed by atoms with Crippen LogP contribution in [0.1, 0.15) is 163 Å². The quantitative estimate of drug-likeness (QED) is 0.0601. The molecule has 366 valence electrons. The van der Waals surface area contributed by atoms with Crippen LogP contribution in [0.15, 0.2) is 58.7 Å². The predicted molar refractivity (Wildman–Crippen MR) is 260 cm³/mol. The first-order valence-electron chi connectivity index (χ1n) is 24.2. The van der Waals surface area contributed by atoms with Crippen LogP contribution in [-0.4, -0.2) is 104 Å². The van der Waals surface area contributed by atoms with Gasteiger partial charge in [-0.2, -0.15) is 0 Å². The molecule has 0 saturated heterocycles. The molecular formula is C54H75N3O10. The Hall–Kier alpha value is -5.11. The number of phenolic OH excluding ortho intramolecular Hbond substituents is 2. The molecule has 0 saturated carbocycles. The van der Waals surface area contributed by atoms with Crippen LogP contribution in [0, 0.1) is 0 Å². The van der Waals surface area contributed by atoms with Crippen LogP contribution >= 0.6 is 0 Å². The lowest BCUT2D eigenvalue weighted by atomic mass is 9.84. The summed E-state index contributed by atoms with van der Waals surface area (Å²) in [5, 5.41) is 47.9. The molecule has 0 aromatic heterocycles. The van der Waals surface area contributed by atoms with Crippen LogP contribution in [0.3, 0.4) is 0 Å². The summed E-state index contributed by atoms with van der Waals surface area (Å²) >= 11 is 0. The number of allylic oxidation sites excluding steroid dienone is 8. The molecule has 5 N–H and O–H groups in total. The van der Waals surface area contributed by atoms with Gasteiger partial charge in [0.05, 0.1) is 43.0 Å². The molecule has 4 aliphatic rings. The Morgan fingerprint density at radius 3 is 1.75 bits per heavy atom. The number of nitrogens with zero attached hydrogens (tertiary/aromatic N) is 2. The first-order valence-corrected chi connectivity index (χ1v) is 24.2. The van der Waals surface area contributed by atoms with E-state index in [0.29, 0.717) is 71.4 Å². The summed E-state index contributed by atoms with van der Waals surface area (Å²) in [5.41, 5.74) is 5.91. The highest BCUT2D eigenvalue weighted by atomic mass is 16.5. The Balaban J connectivity index is 1.16. The molecule has 4 heterocycles. The van der Waals surface area contributed by atoms with Crippen molar-refractivity contribution in [2.75, 3.05) is 26.8 Å². The molecule has 13 nitrogen and oxygen atoms in total. The first kappa shape index (κ1) is 51.3. The number of phenols is 2. The van der Waals surface area contributed by atoms with Gasteiger partial charge in [0.1, 0.15) is 40.2 Å². The van der Waals surface area contributed by atoms with E-state index in [9.17, 15) is 34.8 Å². The van der Waals surface area contributed by atoms with Gasteiger partial charge in [0.25, 0.3) is 11.8 Å². The fourth-order valence-corrected chi connectivity index (χ4v) is 9.81. The molecule has 0 spiro atoms. The molecule has 4 aliphatic heterocycles. The number of hydrogen-bond acceptors (Lipinski definition) is 10. The van der Waals surface area contributed by atoms with Gasteiger partial charge in [0.2, 0.25) is 5.91 Å². The lowest BCUT2D eigenvalue weighted by molar-refractivity contribution is -0.126. The number of methoxy groups -OCH3 is 1. The van der Waals surface area contributed by atoms with Crippen LogP contribution in [0.4, 0.5) is 0 Å². The van der Waals surface area contributed by atoms with E-state index in [1.165, 1.54) is 46.4 Å². The van der Waals surface area contributed by atoms with Crippen molar-refractivity contribution in [3.05, 3.63) is 92.1 Å². The van der Waals surface area contributed by atoms with E-state index in [-0.39, 0.29) is 80.9 Å². The van der Waals surface area contributed by atoms with Gasteiger partial charge in [0, 0.05) is 55.3 Å². The zero-order valence-corrected chi connectivity index (χ0v) is 41.3. The Morgan fingerprint density at radius 1 is 0.761 bits per heavy atom. The minimum atomic E-state index is -0.987. The summed E-state index contributed by atoms with van der Waals surface area (Å²) in [5.74, 6) is -0.483. The van der Waals surface area contributed by atoms with Crippen LogP contribution in [0.25, 0.3) is 0 Å². The summed E-state index contributed by atoms with van der Waals surface area (Å²) < 4.78 is 18.4. The van der Waals surface area contributed by atoms with Crippen LogP contribution < -0.4 is 14.8 Å². The molecule has 0 fully saturated rings. The Bertz CT molecular complexity index is 2310. The molecule has 2 aromatic rings. The van der Waals surface area contributed by atoms with E-state index >= 15 is 0 Å². The highest BCUT2D eigenvalue weighted by molar-refractivity contribution is 6.03. The second-order valence-electron chi connectivity index (χ2n) is 20.1. The second kappa shape index (κ2) is 21.9. The fourth-order valence-electron chi connectivity index (χ4n) is 9.81. The van der Waals surface area contributed by atoms with Gasteiger partial charge in [-0.05, 0) is 132 Å². The molecule has 0 bridgehead atoms. The van der Waals surface area contributed by atoms with Crippen LogP contribution in [-0.2, 0) is 35.5 Å². The Kier molecular flexibility index (Phi) is 16.8. The largest absolute Gasteiger partial charge is 0.508 e. The van der Waals surface area contributed by atoms with Crippen molar-refractivity contribution >= 4 is 17.7 Å². The average Bonchev–Trinajstić information content (AvgIpc) is 3.75. The molecule has 0 unspecified atom stereocenters. The van der Waals surface area contributed by atoms with E-state index in [0.717, 1.165) is 25.7 Å². The number of nitrogens with one attached hydrogen (secondary N) is 1. The van der Waals surface area contributed by atoms with Gasteiger partial charge in [-0.1, -0.05) is 46.6 Å². The van der Waals surface area contributed by atoms with E-state index in [2.05, 4.69) is 71.2 Å². The minimum absolute atomic E-state index is 0.0570. The average molecular weight is 926 g/mol. The summed E-state index contributed by atoms with van der Waals surface area (Å²) in [6, 6.07) is 1.95. The highest BCUT2D eigenvalue weighted by Crippen LogP contribution is 2.48. The van der Waals surface area contributed by atoms with Gasteiger partial charge in [-0.15, -0.1) is 0 Å². The molecule has 0 radical (unpaired) electrons. The number of aromatic hydroxyl groups is 2. The van der Waals surface area contributed by atoms with Gasteiger partial charge < -0.3 is 49.8 Å². The standard InChI is InChI=1S/C54H75N3O10/c1-33(2)15-10-17-35(5)19-12-22-53(7)46(60)29-39-44(58)27-37-41(48(39)66-53)31-56(51(37)63)25-14-21-43(50(62)55-24-26-65-9)57-32-42-38(52(57)64)28-45(59)40-30-47(61)54(8,67-49(40)42)23-13-20-36(6)18-11-16-34(3)4/h15-16,19-20,27-28,43,46-47,58-61H,10-14,17-18,21-26,29-32H2,1-9H3,(H,55,62)/b35-19+,36-20+/t43-,46-,47-,53+,54+/m0/s1. The van der Waals surface area contributed by atoms with Crippen LogP contribution in [0.2, 0.25) is 0 Å². The number of aliphatic hydroxyl groups is 2. The second-order valence-corrected chi connectivity index (χ2v) is 20.1. The number of ether oxygens (including phenoxy) is 3. The van der Waals surface area contributed by atoms with Gasteiger partial charge in [-0.3, -0.25) is 14.4 Å². The first-order chi connectivity index (χ1) is 31.8. The molecule has 67 heavy (non-hydrogen) atoms. The van der Waals surface area contributed by atoms with E-state index in [1.807, 2.05) is 13.8 Å². The SMILES string of the molecule is COCCNC(=O)[C@H](CCCN1Cc2c(cc(O)c3c2O[C@](C)(CC/C=C(\C)CCC=C(C)C)[C@@H](O)C3)C1=O)N1Cc2c(cc(O)c3c2O[C@](C)(CC/C=C(\C)CCC=C(C)C)[C@@H](O)C3)C1=O. The van der Waals surface area contributed by atoms with E-state index in [1.54, 1.807) is 4.90 Å². The summed E-state index contributed by atoms with van der Waals surface area (Å²) in [6.45, 7) is 17.4. The predicted octanol–water partition coefficient (Wildman–Crippen LogP) is 8.68. The third-order valence-corrected chi connectivity index (χ3v) is 14.1. The number of fused-ring (bicyclic) bond motifs is 6. The third-order valence-electron chi connectivity index (χ3n) is 14.1. The Labute approximate surface area is 397 Å². The summed E-state index contributed by atoms with van der Waals surface area (Å²) in [7, 11) is 1.54. The minimum Gasteiger partial charge on any atom is -0.508 e. The van der Waals surface area contributed by atoms with Gasteiger partial charge >= 0.3 is 0 Å². The topological polar surface area (TPSA) is 178 Å². The molecule has 13 heteroatoms. The number of hydrogen-bond donors (Lipinski definition) is 5. The molecule has 5 atom stereocenters. The number of amides is 3. The maximum atomic E-state index is 14.3. The van der Waals surface area contributed by atoms with Crippen molar-refractivity contribution in [2.24, 2.45) is 0 Å². The molecular weight excluding hydrogens is 851 g/mol. The fraction of sp³-hybridized carbons (Fsp3) is 0.574. The highest BCUT2D eigenvalue weighted by Gasteiger charge is 2.47. The van der Waals surface area contributed by atoms with Crippen molar-refractivity contribution in [1.82, 2.24) is 15.1 Å². The molecule has 2 aromatic carbocycles.